The van der Waals surface area contributed by atoms with Crippen LogP contribution in [-0.2, 0) is 4.79 Å². The Kier molecular flexibility index (Phi) is 5.63. The third kappa shape index (κ3) is 4.13. The average molecular weight is 284 g/mol. The van der Waals surface area contributed by atoms with Crippen molar-refractivity contribution in [3.8, 4) is 0 Å². The van der Waals surface area contributed by atoms with Crippen LogP contribution < -0.4 is 11.1 Å². The van der Waals surface area contributed by atoms with Gasteiger partial charge < -0.3 is 16.0 Å². The molecule has 0 aliphatic carbocycles. The number of halogens is 1. The van der Waals surface area contributed by atoms with Crippen LogP contribution in [0, 0.1) is 0 Å². The molecule has 5 nitrogen and oxygen atoms in total. The van der Waals surface area contributed by atoms with Crippen LogP contribution in [0.1, 0.15) is 23.7 Å². The smallest absolute Gasteiger partial charge is 0.254 e. The minimum absolute atomic E-state index is 0.0334. The molecule has 19 heavy (non-hydrogen) atoms. The van der Waals surface area contributed by atoms with Crippen molar-refractivity contribution in [1.82, 2.24) is 10.2 Å². The second-order valence-electron chi connectivity index (χ2n) is 4.14. The highest BCUT2D eigenvalue weighted by atomic mass is 35.5. The number of hydrogen-bond donors (Lipinski definition) is 2. The van der Waals surface area contributed by atoms with Gasteiger partial charge in [0.2, 0.25) is 5.91 Å². The Balaban J connectivity index is 2.91. The quantitative estimate of drug-likeness (QED) is 0.805. The van der Waals surface area contributed by atoms with Crippen LogP contribution in [0.25, 0.3) is 0 Å². The van der Waals surface area contributed by atoms with Gasteiger partial charge in [-0.15, -0.1) is 0 Å². The summed E-state index contributed by atoms with van der Waals surface area (Å²) in [6.45, 7) is 2.49. The topological polar surface area (TPSA) is 75.4 Å². The van der Waals surface area contributed by atoms with Crippen molar-refractivity contribution in [2.24, 2.45) is 0 Å². The molecule has 0 heterocycles. The lowest BCUT2D eigenvalue weighted by Crippen LogP contribution is -2.40. The van der Waals surface area contributed by atoms with Gasteiger partial charge in [-0.3, -0.25) is 9.59 Å². The van der Waals surface area contributed by atoms with Gasteiger partial charge in [-0.25, -0.2) is 0 Å². The zero-order valence-corrected chi connectivity index (χ0v) is 11.8. The van der Waals surface area contributed by atoms with Gasteiger partial charge in [0.25, 0.3) is 5.91 Å². The maximum atomic E-state index is 12.3. The molecule has 0 saturated carbocycles. The first-order chi connectivity index (χ1) is 8.99. The second kappa shape index (κ2) is 6.99. The molecule has 0 radical (unpaired) electrons. The van der Waals surface area contributed by atoms with Crippen LogP contribution in [0.4, 0.5) is 5.69 Å². The van der Waals surface area contributed by atoms with E-state index in [1.54, 1.807) is 12.1 Å². The molecule has 104 valence electrons. The second-order valence-corrected chi connectivity index (χ2v) is 4.54. The summed E-state index contributed by atoms with van der Waals surface area (Å²) < 4.78 is 0. The number of nitrogens with zero attached hydrogens (tertiary/aromatic N) is 1. The molecule has 0 aliphatic rings. The van der Waals surface area contributed by atoms with Gasteiger partial charge in [0.15, 0.2) is 0 Å². The normalized spacial score (nSPS) is 10.1. The van der Waals surface area contributed by atoms with E-state index < -0.39 is 0 Å². The minimum Gasteiger partial charge on any atom is -0.398 e. The number of nitrogen functional groups attached to an aromatic ring is 1. The molecule has 1 aromatic rings. The number of nitrogens with two attached hydrogens (primary N) is 1. The minimum atomic E-state index is -0.228. The number of nitrogens with one attached hydrogen (secondary N) is 1. The van der Waals surface area contributed by atoms with Crippen molar-refractivity contribution < 1.29 is 9.59 Å². The maximum absolute atomic E-state index is 12.3. The first kappa shape index (κ1) is 15.3. The lowest BCUT2D eigenvalue weighted by molar-refractivity contribution is -0.121. The number of anilines is 1. The summed E-state index contributed by atoms with van der Waals surface area (Å²) in [4.78, 5) is 25.2. The first-order valence-electron chi connectivity index (χ1n) is 6.04. The number of hydrogen-bond acceptors (Lipinski definition) is 3. The Morgan fingerprint density at radius 2 is 2.11 bits per heavy atom. The number of likely N-dealkylation sites (N-methyl/N-ethyl adjacent to an activating group) is 1. The number of rotatable bonds is 5. The van der Waals surface area contributed by atoms with E-state index >= 15 is 0 Å². The van der Waals surface area contributed by atoms with Crippen molar-refractivity contribution in [3.05, 3.63) is 28.8 Å². The van der Waals surface area contributed by atoms with Gasteiger partial charge in [0.05, 0.1) is 17.3 Å². The van der Waals surface area contributed by atoms with E-state index in [4.69, 9.17) is 17.3 Å². The van der Waals surface area contributed by atoms with Crippen LogP contribution in [-0.4, -0.2) is 36.9 Å². The summed E-state index contributed by atoms with van der Waals surface area (Å²) in [6, 6.07) is 4.71. The highest BCUT2D eigenvalue weighted by Crippen LogP contribution is 2.20. The molecule has 1 rings (SSSR count). The molecule has 2 amide bonds. The van der Waals surface area contributed by atoms with E-state index in [-0.39, 0.29) is 18.4 Å². The molecular formula is C13H18ClN3O2. The summed E-state index contributed by atoms with van der Waals surface area (Å²) in [5.74, 6) is -0.433. The summed E-state index contributed by atoms with van der Waals surface area (Å²) in [7, 11) is 1.54. The summed E-state index contributed by atoms with van der Waals surface area (Å²) in [6.07, 6.45) is 0.770. The van der Waals surface area contributed by atoms with E-state index in [0.29, 0.717) is 22.8 Å². The molecular weight excluding hydrogens is 266 g/mol. The van der Waals surface area contributed by atoms with Crippen molar-refractivity contribution in [1.29, 1.82) is 0 Å². The Hall–Kier alpha value is -1.75. The zero-order valence-electron chi connectivity index (χ0n) is 11.1. The van der Waals surface area contributed by atoms with Gasteiger partial charge in [-0.2, -0.15) is 0 Å². The first-order valence-corrected chi connectivity index (χ1v) is 6.42. The monoisotopic (exact) mass is 283 g/mol. The third-order valence-electron chi connectivity index (χ3n) is 2.64. The van der Waals surface area contributed by atoms with Crippen LogP contribution in [0.15, 0.2) is 18.2 Å². The summed E-state index contributed by atoms with van der Waals surface area (Å²) >= 11 is 5.82. The lowest BCUT2D eigenvalue weighted by Gasteiger charge is -2.21. The standard InChI is InChI=1S/C13H18ClN3O2/c1-3-6-17(8-12(18)16-2)13(19)9-4-5-10(14)11(15)7-9/h4-5,7H,3,6,8,15H2,1-2H3,(H,16,18). The summed E-state index contributed by atoms with van der Waals surface area (Å²) in [5, 5.41) is 2.91. The lowest BCUT2D eigenvalue weighted by atomic mass is 10.1. The van der Waals surface area contributed by atoms with Crippen molar-refractivity contribution in [3.63, 3.8) is 0 Å². The molecule has 0 atom stereocenters. The van der Waals surface area contributed by atoms with Crippen LogP contribution in [0.3, 0.4) is 0 Å². The Morgan fingerprint density at radius 3 is 2.63 bits per heavy atom. The Labute approximate surface area is 117 Å². The van der Waals surface area contributed by atoms with Gasteiger partial charge in [-0.05, 0) is 24.6 Å². The van der Waals surface area contributed by atoms with Crippen LogP contribution in [0.2, 0.25) is 5.02 Å². The van der Waals surface area contributed by atoms with E-state index in [1.807, 2.05) is 6.92 Å². The number of carbonyl (C=O) groups excluding carboxylic acids is 2. The van der Waals surface area contributed by atoms with Crippen molar-refractivity contribution >= 4 is 29.1 Å². The molecule has 0 fully saturated rings. The molecule has 0 aliphatic heterocycles. The highest BCUT2D eigenvalue weighted by Gasteiger charge is 2.18. The fourth-order valence-corrected chi connectivity index (χ4v) is 1.75. The van der Waals surface area contributed by atoms with E-state index in [0.717, 1.165) is 6.42 Å². The highest BCUT2D eigenvalue weighted by molar-refractivity contribution is 6.33. The van der Waals surface area contributed by atoms with E-state index in [1.165, 1.54) is 18.0 Å². The predicted octanol–water partition coefficient (Wildman–Crippen LogP) is 1.52. The van der Waals surface area contributed by atoms with Crippen LogP contribution in [0.5, 0.6) is 0 Å². The molecule has 1 aromatic carbocycles. The third-order valence-corrected chi connectivity index (χ3v) is 2.98. The molecule has 0 aromatic heterocycles. The average Bonchev–Trinajstić information content (AvgIpc) is 2.40. The fraction of sp³-hybridized carbons (Fsp3) is 0.385. The molecule has 0 unspecified atom stereocenters. The van der Waals surface area contributed by atoms with Gasteiger partial charge >= 0.3 is 0 Å². The molecule has 0 spiro atoms. The molecule has 3 N–H and O–H groups in total. The van der Waals surface area contributed by atoms with E-state index in [2.05, 4.69) is 5.32 Å². The van der Waals surface area contributed by atoms with E-state index in [9.17, 15) is 9.59 Å². The van der Waals surface area contributed by atoms with Crippen molar-refractivity contribution in [2.45, 2.75) is 13.3 Å². The van der Waals surface area contributed by atoms with Gasteiger partial charge in [0, 0.05) is 19.2 Å². The Bertz CT molecular complexity index is 477. The maximum Gasteiger partial charge on any atom is 0.254 e. The zero-order chi connectivity index (χ0) is 14.4. The number of carbonyl (C=O) groups is 2. The molecule has 6 heteroatoms. The number of amides is 2. The molecule has 0 saturated heterocycles. The Morgan fingerprint density at radius 1 is 1.42 bits per heavy atom. The van der Waals surface area contributed by atoms with Crippen LogP contribution >= 0.6 is 11.6 Å². The SMILES string of the molecule is CCCN(CC(=O)NC)C(=O)c1ccc(Cl)c(N)c1. The largest absolute Gasteiger partial charge is 0.398 e. The van der Waals surface area contributed by atoms with Crippen molar-refractivity contribution in [2.75, 3.05) is 25.9 Å². The fourth-order valence-electron chi connectivity index (χ4n) is 1.63. The predicted molar refractivity (Wildman–Crippen MR) is 76.1 cm³/mol. The molecule has 0 bridgehead atoms. The van der Waals surface area contributed by atoms with Gasteiger partial charge in [-0.1, -0.05) is 18.5 Å². The van der Waals surface area contributed by atoms with Gasteiger partial charge in [0.1, 0.15) is 0 Å². The number of benzene rings is 1. The summed E-state index contributed by atoms with van der Waals surface area (Å²) in [5.41, 5.74) is 6.46.